The maximum absolute atomic E-state index is 13.0. The van der Waals surface area contributed by atoms with Crippen molar-refractivity contribution < 1.29 is 9.53 Å². The van der Waals surface area contributed by atoms with Gasteiger partial charge in [0, 0.05) is 52.9 Å². The van der Waals surface area contributed by atoms with E-state index in [1.54, 1.807) is 7.11 Å². The second-order valence-electron chi connectivity index (χ2n) is 8.94. The molecule has 0 spiro atoms. The fourth-order valence-electron chi connectivity index (χ4n) is 4.74. The molecule has 0 radical (unpaired) electrons. The molecule has 2 aliphatic heterocycles. The van der Waals surface area contributed by atoms with Crippen molar-refractivity contribution in [1.29, 1.82) is 0 Å². The van der Waals surface area contributed by atoms with Crippen LogP contribution >= 0.6 is 0 Å². The molecule has 0 aromatic heterocycles. The number of urea groups is 1. The summed E-state index contributed by atoms with van der Waals surface area (Å²) in [6.07, 6.45) is 2.03. The monoisotopic (exact) mass is 436 g/mol. The lowest BCUT2D eigenvalue weighted by atomic mass is 9.89. The number of ether oxygens (including phenoxy) is 1. The first-order valence-corrected chi connectivity index (χ1v) is 11.8. The van der Waals surface area contributed by atoms with E-state index in [1.165, 1.54) is 11.1 Å². The maximum atomic E-state index is 13.0. The van der Waals surface area contributed by atoms with E-state index < -0.39 is 0 Å². The normalized spacial score (nSPS) is 18.1. The number of carbonyl (C=O) groups is 1. The van der Waals surface area contributed by atoms with E-state index in [9.17, 15) is 4.79 Å². The molecule has 0 unspecified atom stereocenters. The van der Waals surface area contributed by atoms with Gasteiger partial charge in [-0.2, -0.15) is 0 Å². The van der Waals surface area contributed by atoms with Crippen molar-refractivity contribution in [2.45, 2.75) is 25.7 Å². The van der Waals surface area contributed by atoms with Crippen molar-refractivity contribution in [2.24, 2.45) is 0 Å². The molecule has 0 atom stereocenters. The van der Waals surface area contributed by atoms with E-state index in [-0.39, 0.29) is 6.03 Å². The third kappa shape index (κ3) is 5.61. The molecule has 6 heteroatoms. The molecule has 2 aromatic rings. The number of hydrogen-bond donors (Lipinski definition) is 1. The number of carbonyl (C=O) groups excluding carboxylic acids is 1. The third-order valence-corrected chi connectivity index (χ3v) is 6.80. The number of para-hydroxylation sites is 2. The van der Waals surface area contributed by atoms with E-state index >= 15 is 0 Å². The van der Waals surface area contributed by atoms with Gasteiger partial charge in [0.2, 0.25) is 0 Å². The van der Waals surface area contributed by atoms with E-state index in [1.807, 2.05) is 17.0 Å². The molecule has 2 aliphatic rings. The van der Waals surface area contributed by atoms with Gasteiger partial charge in [-0.25, -0.2) is 4.79 Å². The van der Waals surface area contributed by atoms with Crippen LogP contribution in [-0.2, 0) is 4.74 Å². The topological polar surface area (TPSA) is 48.1 Å². The van der Waals surface area contributed by atoms with Gasteiger partial charge in [0.15, 0.2) is 0 Å². The van der Waals surface area contributed by atoms with Crippen molar-refractivity contribution >= 4 is 17.4 Å². The molecule has 2 fully saturated rings. The predicted molar refractivity (Wildman–Crippen MR) is 131 cm³/mol. The van der Waals surface area contributed by atoms with Gasteiger partial charge in [0.1, 0.15) is 0 Å². The summed E-state index contributed by atoms with van der Waals surface area (Å²) >= 11 is 0. The van der Waals surface area contributed by atoms with Crippen molar-refractivity contribution in [3.63, 3.8) is 0 Å². The zero-order valence-electron chi connectivity index (χ0n) is 19.4. The van der Waals surface area contributed by atoms with Crippen molar-refractivity contribution in [1.82, 2.24) is 9.80 Å². The minimum absolute atomic E-state index is 0.0125. The highest BCUT2D eigenvalue weighted by Gasteiger charge is 2.25. The molecule has 0 bridgehead atoms. The Morgan fingerprint density at radius 2 is 1.66 bits per heavy atom. The zero-order chi connectivity index (χ0) is 22.3. The Hall–Kier alpha value is -2.57. The first-order valence-electron chi connectivity index (χ1n) is 11.8. The number of nitrogens with zero attached hydrogens (tertiary/aromatic N) is 3. The van der Waals surface area contributed by atoms with Gasteiger partial charge in [0.05, 0.1) is 18.0 Å². The van der Waals surface area contributed by atoms with Crippen LogP contribution < -0.4 is 10.2 Å². The number of piperazine rings is 1. The molecule has 2 heterocycles. The highest BCUT2D eigenvalue weighted by Crippen LogP contribution is 2.30. The molecule has 2 saturated heterocycles. The summed E-state index contributed by atoms with van der Waals surface area (Å²) in [6.45, 7) is 9.40. The minimum Gasteiger partial charge on any atom is -0.383 e. The number of benzene rings is 2. The lowest BCUT2D eigenvalue weighted by Crippen LogP contribution is -2.47. The first kappa shape index (κ1) is 22.6. The second kappa shape index (κ2) is 10.8. The summed E-state index contributed by atoms with van der Waals surface area (Å²) < 4.78 is 5.21. The number of amides is 2. The van der Waals surface area contributed by atoms with Gasteiger partial charge in [-0.05, 0) is 43.4 Å². The van der Waals surface area contributed by atoms with Gasteiger partial charge < -0.3 is 19.9 Å². The summed E-state index contributed by atoms with van der Waals surface area (Å²) in [5.74, 6) is 0.543. The SMILES string of the molecule is COCCN1CCN(c2ccccc2NC(=O)N2CCC(c3ccc(C)cc3)CC2)CC1. The first-order chi connectivity index (χ1) is 15.6. The Balaban J connectivity index is 1.32. The van der Waals surface area contributed by atoms with Crippen LogP contribution in [0.2, 0.25) is 0 Å². The molecule has 1 N–H and O–H groups in total. The Kier molecular flexibility index (Phi) is 7.66. The number of nitrogens with one attached hydrogen (secondary N) is 1. The number of rotatable bonds is 6. The number of methoxy groups -OCH3 is 1. The Bertz CT molecular complexity index is 870. The predicted octanol–water partition coefficient (Wildman–Crippen LogP) is 4.17. The molecule has 2 amide bonds. The van der Waals surface area contributed by atoms with Gasteiger partial charge in [-0.3, -0.25) is 4.90 Å². The smallest absolute Gasteiger partial charge is 0.321 e. The maximum Gasteiger partial charge on any atom is 0.321 e. The highest BCUT2D eigenvalue weighted by molar-refractivity contribution is 5.93. The van der Waals surface area contributed by atoms with Crippen LogP contribution in [0.5, 0.6) is 0 Å². The molecule has 0 aliphatic carbocycles. The summed E-state index contributed by atoms with van der Waals surface area (Å²) in [7, 11) is 1.75. The van der Waals surface area contributed by atoms with E-state index in [0.717, 1.165) is 76.6 Å². The minimum atomic E-state index is 0.0125. The average Bonchev–Trinajstić information content (AvgIpc) is 2.84. The van der Waals surface area contributed by atoms with Crippen LogP contribution in [0.25, 0.3) is 0 Å². The van der Waals surface area contributed by atoms with Crippen LogP contribution in [0.1, 0.15) is 29.9 Å². The molecule has 32 heavy (non-hydrogen) atoms. The van der Waals surface area contributed by atoms with Crippen LogP contribution in [0, 0.1) is 6.92 Å². The highest BCUT2D eigenvalue weighted by atomic mass is 16.5. The number of piperidine rings is 1. The zero-order valence-corrected chi connectivity index (χ0v) is 19.4. The molecule has 0 saturated carbocycles. The summed E-state index contributed by atoms with van der Waals surface area (Å²) in [4.78, 5) is 19.8. The number of hydrogen-bond acceptors (Lipinski definition) is 4. The van der Waals surface area contributed by atoms with Gasteiger partial charge >= 0.3 is 6.03 Å². The number of aryl methyl sites for hydroxylation is 1. The van der Waals surface area contributed by atoms with Gasteiger partial charge in [0.25, 0.3) is 0 Å². The molecule has 4 rings (SSSR count). The molecule has 172 valence electrons. The number of anilines is 2. The van der Waals surface area contributed by atoms with Crippen molar-refractivity contribution in [3.8, 4) is 0 Å². The van der Waals surface area contributed by atoms with Crippen LogP contribution in [0.3, 0.4) is 0 Å². The van der Waals surface area contributed by atoms with Crippen LogP contribution in [0.4, 0.5) is 16.2 Å². The Labute approximate surface area is 192 Å². The summed E-state index contributed by atoms with van der Waals surface area (Å²) in [5, 5.41) is 3.20. The summed E-state index contributed by atoms with van der Waals surface area (Å²) in [6, 6.07) is 17.0. The third-order valence-electron chi connectivity index (χ3n) is 6.80. The van der Waals surface area contributed by atoms with Crippen LogP contribution in [0.15, 0.2) is 48.5 Å². The lowest BCUT2D eigenvalue weighted by molar-refractivity contribution is 0.144. The van der Waals surface area contributed by atoms with Crippen molar-refractivity contribution in [3.05, 3.63) is 59.7 Å². The van der Waals surface area contributed by atoms with Crippen LogP contribution in [-0.4, -0.2) is 75.4 Å². The second-order valence-corrected chi connectivity index (χ2v) is 8.94. The Morgan fingerprint density at radius 3 is 2.34 bits per heavy atom. The fourth-order valence-corrected chi connectivity index (χ4v) is 4.74. The van der Waals surface area contributed by atoms with Crippen molar-refractivity contribution in [2.75, 3.05) is 69.7 Å². The lowest BCUT2D eigenvalue weighted by Gasteiger charge is -2.37. The quantitative estimate of drug-likeness (QED) is 0.738. The molecule has 6 nitrogen and oxygen atoms in total. The summed E-state index contributed by atoms with van der Waals surface area (Å²) in [5.41, 5.74) is 4.71. The largest absolute Gasteiger partial charge is 0.383 e. The standard InChI is InChI=1S/C26H36N4O2/c1-21-7-9-22(10-8-21)23-11-13-30(14-12-23)26(31)27-24-5-3-4-6-25(24)29-17-15-28(16-18-29)19-20-32-2/h3-10,23H,11-20H2,1-2H3,(H,27,31). The molecular formula is C26H36N4O2. The van der Waals surface area contributed by atoms with E-state index in [2.05, 4.69) is 58.4 Å². The molecule has 2 aromatic carbocycles. The van der Waals surface area contributed by atoms with E-state index in [4.69, 9.17) is 4.74 Å². The molecular weight excluding hydrogens is 400 g/mol. The van der Waals surface area contributed by atoms with E-state index in [0.29, 0.717) is 5.92 Å². The van der Waals surface area contributed by atoms with Gasteiger partial charge in [-0.15, -0.1) is 0 Å². The number of likely N-dealkylation sites (tertiary alicyclic amines) is 1. The fraction of sp³-hybridized carbons (Fsp3) is 0.500. The average molecular weight is 437 g/mol. The Morgan fingerprint density at radius 1 is 0.969 bits per heavy atom. The van der Waals surface area contributed by atoms with Gasteiger partial charge in [-0.1, -0.05) is 42.0 Å².